The van der Waals surface area contributed by atoms with Gasteiger partial charge in [0.2, 0.25) is 0 Å². The van der Waals surface area contributed by atoms with E-state index in [1.807, 2.05) is 6.07 Å². The summed E-state index contributed by atoms with van der Waals surface area (Å²) in [5.74, 6) is 0. The summed E-state index contributed by atoms with van der Waals surface area (Å²) in [4.78, 5) is 1.73. The molecular formula is C28H23N3. The predicted octanol–water partition coefficient (Wildman–Crippen LogP) is 6.89. The summed E-state index contributed by atoms with van der Waals surface area (Å²) >= 11 is 0. The van der Waals surface area contributed by atoms with Gasteiger partial charge in [-0.2, -0.15) is 4.80 Å². The summed E-state index contributed by atoms with van der Waals surface area (Å²) in [6, 6.07) is 35.7. The molecule has 4 aromatic carbocycles. The maximum atomic E-state index is 4.89. The lowest BCUT2D eigenvalue weighted by molar-refractivity contribution is 0.755. The van der Waals surface area contributed by atoms with Crippen molar-refractivity contribution in [2.24, 2.45) is 0 Å². The highest BCUT2D eigenvalue weighted by Gasteiger charge is 2.16. The van der Waals surface area contributed by atoms with Crippen molar-refractivity contribution in [3.8, 4) is 39.3 Å². The molecule has 150 valence electrons. The Morgan fingerprint density at radius 1 is 0.452 bits per heavy atom. The number of rotatable bonds is 4. The van der Waals surface area contributed by atoms with Crippen molar-refractivity contribution in [2.75, 3.05) is 0 Å². The van der Waals surface area contributed by atoms with Gasteiger partial charge in [0.05, 0.1) is 5.69 Å². The van der Waals surface area contributed by atoms with Crippen LogP contribution in [0.2, 0.25) is 0 Å². The van der Waals surface area contributed by atoms with Crippen LogP contribution in [-0.2, 0) is 0 Å². The highest BCUT2D eigenvalue weighted by molar-refractivity contribution is 5.79. The number of aromatic nitrogens is 3. The fourth-order valence-corrected chi connectivity index (χ4v) is 3.65. The second-order valence-electron chi connectivity index (χ2n) is 7.83. The van der Waals surface area contributed by atoms with Gasteiger partial charge in [0.25, 0.3) is 0 Å². The summed E-state index contributed by atoms with van der Waals surface area (Å²) in [5, 5.41) is 9.76. The normalized spacial score (nSPS) is 10.9. The number of hydrogen-bond donors (Lipinski definition) is 0. The monoisotopic (exact) mass is 401 g/mol. The Morgan fingerprint density at radius 2 is 0.871 bits per heavy atom. The zero-order valence-corrected chi connectivity index (χ0v) is 17.7. The topological polar surface area (TPSA) is 30.7 Å². The third-order valence-electron chi connectivity index (χ3n) is 5.47. The standard InChI is InChI=1S/C28H23N3/c1-20-8-12-24(13-9-20)27-28(30-31(29-27)26-18-10-21(2)11-19-26)25-16-14-23(15-17-25)22-6-4-3-5-7-22/h3-19H,1-2H3. The molecule has 1 aromatic heterocycles. The third-order valence-corrected chi connectivity index (χ3v) is 5.47. The summed E-state index contributed by atoms with van der Waals surface area (Å²) in [6.45, 7) is 4.17. The molecule has 0 N–H and O–H groups in total. The molecule has 0 saturated heterocycles. The number of nitrogens with zero attached hydrogens (tertiary/aromatic N) is 3. The molecule has 3 nitrogen and oxygen atoms in total. The Kier molecular flexibility index (Phi) is 4.93. The summed E-state index contributed by atoms with van der Waals surface area (Å²) in [7, 11) is 0. The molecular weight excluding hydrogens is 378 g/mol. The van der Waals surface area contributed by atoms with Crippen LogP contribution in [0.5, 0.6) is 0 Å². The van der Waals surface area contributed by atoms with Gasteiger partial charge in [-0.3, -0.25) is 0 Å². The molecule has 0 amide bonds. The molecule has 0 atom stereocenters. The van der Waals surface area contributed by atoms with Gasteiger partial charge in [0.1, 0.15) is 11.4 Å². The van der Waals surface area contributed by atoms with Crippen LogP contribution in [0, 0.1) is 13.8 Å². The second kappa shape index (κ2) is 8.04. The van der Waals surface area contributed by atoms with E-state index < -0.39 is 0 Å². The van der Waals surface area contributed by atoms with E-state index in [1.165, 1.54) is 22.3 Å². The van der Waals surface area contributed by atoms with E-state index in [2.05, 4.69) is 111 Å². The van der Waals surface area contributed by atoms with Gasteiger partial charge in [0.15, 0.2) is 0 Å². The van der Waals surface area contributed by atoms with E-state index in [0.717, 1.165) is 28.2 Å². The van der Waals surface area contributed by atoms with Crippen LogP contribution in [0.25, 0.3) is 39.3 Å². The quantitative estimate of drug-likeness (QED) is 0.328. The zero-order valence-electron chi connectivity index (χ0n) is 17.7. The smallest absolute Gasteiger partial charge is 0.121 e. The molecule has 5 rings (SSSR count). The van der Waals surface area contributed by atoms with Gasteiger partial charge in [0, 0.05) is 11.1 Å². The SMILES string of the molecule is Cc1ccc(-c2nn(-c3ccc(C)cc3)nc2-c2ccc(-c3ccccc3)cc2)cc1. The van der Waals surface area contributed by atoms with Gasteiger partial charge < -0.3 is 0 Å². The maximum Gasteiger partial charge on any atom is 0.121 e. The van der Waals surface area contributed by atoms with Crippen LogP contribution in [0.4, 0.5) is 0 Å². The zero-order chi connectivity index (χ0) is 21.2. The number of benzene rings is 4. The van der Waals surface area contributed by atoms with Gasteiger partial charge in [-0.1, -0.05) is 102 Å². The van der Waals surface area contributed by atoms with Crippen molar-refractivity contribution in [2.45, 2.75) is 13.8 Å². The summed E-state index contributed by atoms with van der Waals surface area (Å²) < 4.78 is 0. The highest BCUT2D eigenvalue weighted by atomic mass is 15.5. The van der Waals surface area contributed by atoms with E-state index in [-0.39, 0.29) is 0 Å². The molecule has 0 bridgehead atoms. The van der Waals surface area contributed by atoms with Gasteiger partial charge in [-0.05, 0) is 37.1 Å². The van der Waals surface area contributed by atoms with Crippen LogP contribution < -0.4 is 0 Å². The van der Waals surface area contributed by atoms with Crippen LogP contribution >= 0.6 is 0 Å². The molecule has 0 saturated carbocycles. The Hall–Kier alpha value is -3.98. The van der Waals surface area contributed by atoms with E-state index in [4.69, 9.17) is 10.2 Å². The molecule has 5 aromatic rings. The van der Waals surface area contributed by atoms with Gasteiger partial charge in [-0.15, -0.1) is 10.2 Å². The van der Waals surface area contributed by atoms with E-state index in [1.54, 1.807) is 4.80 Å². The van der Waals surface area contributed by atoms with Crippen LogP contribution in [0.3, 0.4) is 0 Å². The van der Waals surface area contributed by atoms with E-state index in [9.17, 15) is 0 Å². The molecule has 0 radical (unpaired) electrons. The minimum absolute atomic E-state index is 0.879. The Morgan fingerprint density at radius 3 is 1.42 bits per heavy atom. The average molecular weight is 402 g/mol. The molecule has 0 aliphatic rings. The molecule has 0 aliphatic heterocycles. The lowest BCUT2D eigenvalue weighted by Crippen LogP contribution is -1.98. The van der Waals surface area contributed by atoms with Crippen molar-refractivity contribution >= 4 is 0 Å². The molecule has 0 aliphatic carbocycles. The van der Waals surface area contributed by atoms with Crippen molar-refractivity contribution in [1.29, 1.82) is 0 Å². The first-order chi connectivity index (χ1) is 15.2. The van der Waals surface area contributed by atoms with Crippen molar-refractivity contribution in [3.63, 3.8) is 0 Å². The third kappa shape index (κ3) is 3.90. The lowest BCUT2D eigenvalue weighted by Gasteiger charge is -2.05. The summed E-state index contributed by atoms with van der Waals surface area (Å²) in [5.41, 5.74) is 9.65. The molecule has 0 spiro atoms. The molecule has 0 fully saturated rings. The largest absolute Gasteiger partial charge is 0.150 e. The highest BCUT2D eigenvalue weighted by Crippen LogP contribution is 2.31. The molecule has 0 unspecified atom stereocenters. The Balaban J connectivity index is 1.61. The first-order valence-electron chi connectivity index (χ1n) is 10.4. The van der Waals surface area contributed by atoms with Crippen molar-refractivity contribution in [1.82, 2.24) is 15.0 Å². The molecule has 1 heterocycles. The Labute approximate surface area is 182 Å². The first-order valence-corrected chi connectivity index (χ1v) is 10.4. The lowest BCUT2D eigenvalue weighted by atomic mass is 10.0. The van der Waals surface area contributed by atoms with Gasteiger partial charge >= 0.3 is 0 Å². The average Bonchev–Trinajstić information content (AvgIpc) is 3.26. The van der Waals surface area contributed by atoms with Crippen molar-refractivity contribution in [3.05, 3.63) is 114 Å². The molecule has 3 heteroatoms. The fraction of sp³-hybridized carbons (Fsp3) is 0.0714. The maximum absolute atomic E-state index is 4.89. The van der Waals surface area contributed by atoms with E-state index in [0.29, 0.717) is 0 Å². The van der Waals surface area contributed by atoms with Gasteiger partial charge in [-0.25, -0.2) is 0 Å². The summed E-state index contributed by atoms with van der Waals surface area (Å²) in [6.07, 6.45) is 0. The first kappa shape index (κ1) is 19.0. The fourth-order valence-electron chi connectivity index (χ4n) is 3.65. The number of aryl methyl sites for hydroxylation is 2. The minimum atomic E-state index is 0.879. The number of hydrogen-bond acceptors (Lipinski definition) is 2. The predicted molar refractivity (Wildman–Crippen MR) is 127 cm³/mol. The van der Waals surface area contributed by atoms with Crippen molar-refractivity contribution < 1.29 is 0 Å². The minimum Gasteiger partial charge on any atom is -0.150 e. The molecule has 31 heavy (non-hydrogen) atoms. The van der Waals surface area contributed by atoms with E-state index >= 15 is 0 Å². The Bertz CT molecular complexity index is 1300. The second-order valence-corrected chi connectivity index (χ2v) is 7.83. The van der Waals surface area contributed by atoms with Crippen LogP contribution in [0.15, 0.2) is 103 Å². The van der Waals surface area contributed by atoms with Crippen LogP contribution in [0.1, 0.15) is 11.1 Å². The van der Waals surface area contributed by atoms with Crippen LogP contribution in [-0.4, -0.2) is 15.0 Å².